The third-order valence-electron chi connectivity index (χ3n) is 5.64. The van der Waals surface area contributed by atoms with Crippen molar-refractivity contribution in [1.29, 1.82) is 0 Å². The minimum atomic E-state index is 0.618. The van der Waals surface area contributed by atoms with E-state index in [0.29, 0.717) is 18.5 Å². The summed E-state index contributed by atoms with van der Waals surface area (Å²) in [7, 11) is 2.24. The maximum Gasteiger partial charge on any atom is 0.0293 e. The van der Waals surface area contributed by atoms with Gasteiger partial charge in [-0.25, -0.2) is 0 Å². The number of halogens is 1. The van der Waals surface area contributed by atoms with Crippen LogP contribution in [0.3, 0.4) is 0 Å². The summed E-state index contributed by atoms with van der Waals surface area (Å²) in [5.41, 5.74) is 0.618. The average Bonchev–Trinajstić information content (AvgIpc) is 2.80. The lowest BCUT2D eigenvalue weighted by Gasteiger charge is -2.38. The molecule has 1 spiro atoms. The van der Waals surface area contributed by atoms with Crippen LogP contribution in [0.4, 0.5) is 4.48 Å². The highest BCUT2D eigenvalue weighted by molar-refractivity contribution is 4.94. The van der Waals surface area contributed by atoms with Gasteiger partial charge < -0.3 is 9.80 Å². The lowest BCUT2D eigenvalue weighted by Crippen LogP contribution is -2.41. The summed E-state index contributed by atoms with van der Waals surface area (Å²) in [6.45, 7) is 7.63. The van der Waals surface area contributed by atoms with Crippen LogP contribution in [0.2, 0.25) is 0 Å². The lowest BCUT2D eigenvalue weighted by molar-refractivity contribution is -0.0132. The minimum absolute atomic E-state index is 0.618. The first-order valence-electron chi connectivity index (χ1n) is 7.97. The number of hydrogen-bond donors (Lipinski definition) is 0. The van der Waals surface area contributed by atoms with Crippen LogP contribution in [0.1, 0.15) is 32.1 Å². The molecule has 110 valence electrons. The van der Waals surface area contributed by atoms with Gasteiger partial charge in [-0.05, 0) is 70.1 Å². The Balaban J connectivity index is 1.46. The first kappa shape index (κ1) is 13.8. The molecule has 0 amide bonds. The van der Waals surface area contributed by atoms with Crippen LogP contribution in [0.25, 0.3) is 0 Å². The van der Waals surface area contributed by atoms with Gasteiger partial charge >= 0.3 is 0 Å². The molecule has 3 aliphatic heterocycles. The number of rotatable bonds is 2. The molecule has 0 saturated carbocycles. The van der Waals surface area contributed by atoms with E-state index in [1.807, 2.05) is 0 Å². The molecule has 0 unspecified atom stereocenters. The predicted molar refractivity (Wildman–Crippen MR) is 75.6 cm³/mol. The highest BCUT2D eigenvalue weighted by Gasteiger charge is 2.40. The summed E-state index contributed by atoms with van der Waals surface area (Å²) in [6.07, 6.45) is 6.24. The van der Waals surface area contributed by atoms with Gasteiger partial charge in [0.2, 0.25) is 0 Å². The summed E-state index contributed by atoms with van der Waals surface area (Å²) >= 11 is 0. The molecule has 3 nitrogen and oxygen atoms in total. The maximum atomic E-state index is 13.0. The molecular formula is C15H28FN3. The second kappa shape index (κ2) is 5.66. The van der Waals surface area contributed by atoms with Gasteiger partial charge in [0.25, 0.3) is 0 Å². The molecule has 0 aromatic rings. The molecular weight excluding hydrogens is 241 g/mol. The monoisotopic (exact) mass is 269 g/mol. The molecule has 4 heteroatoms. The second-order valence-electron chi connectivity index (χ2n) is 7.14. The molecule has 3 heterocycles. The molecule has 3 aliphatic rings. The Bertz CT molecular complexity index is 294. The van der Waals surface area contributed by atoms with Crippen molar-refractivity contribution < 1.29 is 4.48 Å². The third-order valence-corrected chi connectivity index (χ3v) is 5.64. The standard InChI is InChI=1S/C15H28FN3/c1-17-9-4-15(5-10-17)6-11-18(13-15)12-14-2-7-19(16)8-3-14/h14H,2-13H2,1H3. The van der Waals surface area contributed by atoms with Gasteiger partial charge in [-0.15, -0.1) is 9.60 Å². The van der Waals surface area contributed by atoms with Gasteiger partial charge in [0.15, 0.2) is 0 Å². The highest BCUT2D eigenvalue weighted by atomic mass is 19.2. The maximum absolute atomic E-state index is 13.0. The summed E-state index contributed by atoms with van der Waals surface area (Å²) < 4.78 is 13.0. The lowest BCUT2D eigenvalue weighted by atomic mass is 9.78. The van der Waals surface area contributed by atoms with Gasteiger partial charge in [0, 0.05) is 26.2 Å². The van der Waals surface area contributed by atoms with Crippen LogP contribution in [0, 0.1) is 11.3 Å². The molecule has 0 N–H and O–H groups in total. The molecule has 3 fully saturated rings. The summed E-state index contributed by atoms with van der Waals surface area (Å²) in [5.74, 6) is 0.730. The van der Waals surface area contributed by atoms with E-state index in [1.54, 1.807) is 0 Å². The zero-order chi connectivity index (χ0) is 13.3. The van der Waals surface area contributed by atoms with Gasteiger partial charge in [-0.2, -0.15) is 0 Å². The number of piperidine rings is 2. The van der Waals surface area contributed by atoms with E-state index in [4.69, 9.17) is 0 Å². The van der Waals surface area contributed by atoms with Crippen LogP contribution >= 0.6 is 0 Å². The fraction of sp³-hybridized carbons (Fsp3) is 1.00. The fourth-order valence-electron chi connectivity index (χ4n) is 4.13. The van der Waals surface area contributed by atoms with E-state index in [1.165, 1.54) is 52.0 Å². The van der Waals surface area contributed by atoms with Crippen molar-refractivity contribution in [3.63, 3.8) is 0 Å². The van der Waals surface area contributed by atoms with Crippen molar-refractivity contribution in [2.45, 2.75) is 32.1 Å². The molecule has 0 atom stereocenters. The Kier molecular flexibility index (Phi) is 4.11. The molecule has 0 radical (unpaired) electrons. The SMILES string of the molecule is CN1CCC2(CC1)CCN(CC1CCN(F)CC1)C2. The largest absolute Gasteiger partial charge is 0.306 e. The molecule has 0 bridgehead atoms. The van der Waals surface area contributed by atoms with Crippen LogP contribution in [-0.2, 0) is 0 Å². The average molecular weight is 269 g/mol. The van der Waals surface area contributed by atoms with Crippen LogP contribution in [0.5, 0.6) is 0 Å². The first-order chi connectivity index (χ1) is 9.15. The smallest absolute Gasteiger partial charge is 0.0293 e. The Labute approximate surface area is 116 Å². The van der Waals surface area contributed by atoms with Gasteiger partial charge in [-0.1, -0.05) is 0 Å². The summed E-state index contributed by atoms with van der Waals surface area (Å²) in [4.78, 5) is 5.13. The van der Waals surface area contributed by atoms with E-state index in [2.05, 4.69) is 16.8 Å². The predicted octanol–water partition coefficient (Wildman–Crippen LogP) is 2.00. The summed E-state index contributed by atoms with van der Waals surface area (Å²) in [5, 5.41) is 0.985. The van der Waals surface area contributed by atoms with Crippen molar-refractivity contribution in [3.05, 3.63) is 0 Å². The normalized spacial score (nSPS) is 31.3. The molecule has 0 aromatic heterocycles. The minimum Gasteiger partial charge on any atom is -0.306 e. The van der Waals surface area contributed by atoms with Crippen molar-refractivity contribution in [3.8, 4) is 0 Å². The van der Waals surface area contributed by atoms with E-state index in [-0.39, 0.29) is 0 Å². The van der Waals surface area contributed by atoms with Crippen LogP contribution in [0.15, 0.2) is 0 Å². The molecule has 0 aromatic carbocycles. The molecule has 3 rings (SSSR count). The fourth-order valence-corrected chi connectivity index (χ4v) is 4.13. The Morgan fingerprint density at radius 1 is 1.00 bits per heavy atom. The number of hydrogen-bond acceptors (Lipinski definition) is 3. The third kappa shape index (κ3) is 3.29. The quantitative estimate of drug-likeness (QED) is 0.710. The number of likely N-dealkylation sites (tertiary alicyclic amines) is 2. The van der Waals surface area contributed by atoms with Crippen molar-refractivity contribution in [2.75, 3.05) is 52.9 Å². The van der Waals surface area contributed by atoms with Crippen molar-refractivity contribution in [1.82, 2.24) is 14.9 Å². The van der Waals surface area contributed by atoms with Crippen LogP contribution in [-0.4, -0.2) is 67.8 Å². The number of nitrogens with zero attached hydrogens (tertiary/aromatic N) is 3. The zero-order valence-electron chi connectivity index (χ0n) is 12.3. The van der Waals surface area contributed by atoms with E-state index in [0.717, 1.165) is 23.9 Å². The first-order valence-corrected chi connectivity index (χ1v) is 7.97. The molecule has 19 heavy (non-hydrogen) atoms. The van der Waals surface area contributed by atoms with Crippen molar-refractivity contribution >= 4 is 0 Å². The summed E-state index contributed by atoms with van der Waals surface area (Å²) in [6, 6.07) is 0. The van der Waals surface area contributed by atoms with E-state index in [9.17, 15) is 4.48 Å². The zero-order valence-corrected chi connectivity index (χ0v) is 12.3. The molecule has 0 aliphatic carbocycles. The van der Waals surface area contributed by atoms with Crippen LogP contribution < -0.4 is 0 Å². The Morgan fingerprint density at radius 3 is 2.32 bits per heavy atom. The molecule has 3 saturated heterocycles. The Morgan fingerprint density at radius 2 is 1.63 bits per heavy atom. The topological polar surface area (TPSA) is 9.72 Å². The Hall–Kier alpha value is -0.190. The van der Waals surface area contributed by atoms with Gasteiger partial charge in [0.05, 0.1) is 0 Å². The van der Waals surface area contributed by atoms with Crippen molar-refractivity contribution in [2.24, 2.45) is 11.3 Å². The van der Waals surface area contributed by atoms with E-state index < -0.39 is 0 Å². The highest BCUT2D eigenvalue weighted by Crippen LogP contribution is 2.40. The van der Waals surface area contributed by atoms with Gasteiger partial charge in [0.1, 0.15) is 0 Å². The second-order valence-corrected chi connectivity index (χ2v) is 7.14. The van der Waals surface area contributed by atoms with Gasteiger partial charge in [-0.3, -0.25) is 0 Å². The van der Waals surface area contributed by atoms with E-state index >= 15 is 0 Å².